The molecule has 15 heavy (non-hydrogen) atoms. The number of esters is 1. The molecule has 0 aliphatic carbocycles. The molecule has 1 aromatic rings. The van der Waals surface area contributed by atoms with E-state index in [9.17, 15) is 4.79 Å². The normalized spacial score (nSPS) is 10.1. The van der Waals surface area contributed by atoms with Crippen molar-refractivity contribution >= 4 is 37.8 Å². The predicted octanol–water partition coefficient (Wildman–Crippen LogP) is 3.45. The molecule has 0 spiro atoms. The van der Waals surface area contributed by atoms with Gasteiger partial charge in [-0.1, -0.05) is 44.0 Å². The van der Waals surface area contributed by atoms with Crippen LogP contribution in [-0.4, -0.2) is 13.1 Å². The van der Waals surface area contributed by atoms with Crippen LogP contribution in [0.15, 0.2) is 22.7 Å². The number of carbonyl (C=O) groups is 1. The number of hydrogen-bond donors (Lipinski definition) is 0. The standard InChI is InChI=1S/C11H12Br2O2/c1-15-11(14)5-3-9-6-8(7-12)2-4-10(9)13/h2,4,6H,3,5,7H2,1H3. The lowest BCUT2D eigenvalue weighted by Crippen LogP contribution is -2.02. The monoisotopic (exact) mass is 334 g/mol. The van der Waals surface area contributed by atoms with Crippen LogP contribution in [-0.2, 0) is 21.3 Å². The maximum absolute atomic E-state index is 11.0. The predicted molar refractivity (Wildman–Crippen MR) is 67.1 cm³/mol. The smallest absolute Gasteiger partial charge is 0.305 e. The summed E-state index contributed by atoms with van der Waals surface area (Å²) in [5, 5.41) is 0.825. The third kappa shape index (κ3) is 3.95. The summed E-state index contributed by atoms with van der Waals surface area (Å²) in [4.78, 5) is 11.0. The van der Waals surface area contributed by atoms with Gasteiger partial charge in [-0.05, 0) is 23.6 Å². The maximum Gasteiger partial charge on any atom is 0.305 e. The highest BCUT2D eigenvalue weighted by Gasteiger charge is 2.05. The lowest BCUT2D eigenvalue weighted by Gasteiger charge is -2.05. The number of methoxy groups -OCH3 is 1. The van der Waals surface area contributed by atoms with Gasteiger partial charge in [-0.3, -0.25) is 4.79 Å². The van der Waals surface area contributed by atoms with Crippen molar-refractivity contribution in [2.45, 2.75) is 18.2 Å². The quantitative estimate of drug-likeness (QED) is 0.622. The second kappa shape index (κ2) is 6.28. The zero-order valence-electron chi connectivity index (χ0n) is 8.43. The topological polar surface area (TPSA) is 26.3 Å². The molecule has 2 nitrogen and oxygen atoms in total. The molecule has 0 amide bonds. The molecule has 0 heterocycles. The largest absolute Gasteiger partial charge is 0.469 e. The fourth-order valence-electron chi connectivity index (χ4n) is 1.24. The Bertz CT molecular complexity index is 350. The highest BCUT2D eigenvalue weighted by atomic mass is 79.9. The molecule has 0 N–H and O–H groups in total. The van der Waals surface area contributed by atoms with Gasteiger partial charge in [0.2, 0.25) is 0 Å². The van der Waals surface area contributed by atoms with Crippen LogP contribution in [0.25, 0.3) is 0 Å². The number of carbonyl (C=O) groups excluding carboxylic acids is 1. The number of hydrogen-bond acceptors (Lipinski definition) is 2. The molecule has 0 fully saturated rings. The Morgan fingerprint density at radius 3 is 2.80 bits per heavy atom. The minimum absolute atomic E-state index is 0.175. The van der Waals surface area contributed by atoms with E-state index in [1.807, 2.05) is 12.1 Å². The van der Waals surface area contributed by atoms with Crippen molar-refractivity contribution in [1.82, 2.24) is 0 Å². The maximum atomic E-state index is 11.0. The third-order valence-corrected chi connectivity index (χ3v) is 3.51. The summed E-state index contributed by atoms with van der Waals surface area (Å²) in [5.74, 6) is -0.175. The van der Waals surface area contributed by atoms with Crippen LogP contribution in [0.5, 0.6) is 0 Å². The Balaban J connectivity index is 2.70. The average Bonchev–Trinajstić information content (AvgIpc) is 2.27. The van der Waals surface area contributed by atoms with Gasteiger partial charge in [0.25, 0.3) is 0 Å². The van der Waals surface area contributed by atoms with Gasteiger partial charge >= 0.3 is 5.97 Å². The van der Waals surface area contributed by atoms with E-state index in [1.54, 1.807) is 0 Å². The van der Waals surface area contributed by atoms with Gasteiger partial charge in [0.15, 0.2) is 0 Å². The SMILES string of the molecule is COC(=O)CCc1cc(CBr)ccc1Br. The Morgan fingerprint density at radius 1 is 1.47 bits per heavy atom. The zero-order valence-corrected chi connectivity index (χ0v) is 11.6. The number of ether oxygens (including phenoxy) is 1. The zero-order chi connectivity index (χ0) is 11.3. The minimum atomic E-state index is -0.175. The van der Waals surface area contributed by atoms with E-state index in [-0.39, 0.29) is 5.97 Å². The fraction of sp³-hybridized carbons (Fsp3) is 0.364. The van der Waals surface area contributed by atoms with Crippen LogP contribution in [0.4, 0.5) is 0 Å². The van der Waals surface area contributed by atoms with Crippen LogP contribution in [0, 0.1) is 0 Å². The van der Waals surface area contributed by atoms with E-state index < -0.39 is 0 Å². The molecule has 82 valence electrons. The van der Waals surface area contributed by atoms with Crippen LogP contribution < -0.4 is 0 Å². The summed E-state index contributed by atoms with van der Waals surface area (Å²) >= 11 is 6.87. The van der Waals surface area contributed by atoms with Crippen molar-refractivity contribution < 1.29 is 9.53 Å². The molecule has 0 aliphatic rings. The summed E-state index contributed by atoms with van der Waals surface area (Å²) in [6.45, 7) is 0. The van der Waals surface area contributed by atoms with Crippen LogP contribution in [0.1, 0.15) is 17.5 Å². The Morgan fingerprint density at radius 2 is 2.20 bits per heavy atom. The van der Waals surface area contributed by atoms with Gasteiger partial charge in [-0.2, -0.15) is 0 Å². The second-order valence-corrected chi connectivity index (χ2v) is 4.55. The molecule has 0 aromatic heterocycles. The van der Waals surface area contributed by atoms with Gasteiger partial charge in [0.05, 0.1) is 7.11 Å². The highest BCUT2D eigenvalue weighted by Crippen LogP contribution is 2.21. The van der Waals surface area contributed by atoms with Gasteiger partial charge in [-0.25, -0.2) is 0 Å². The summed E-state index contributed by atoms with van der Waals surface area (Å²) < 4.78 is 5.64. The van der Waals surface area contributed by atoms with Crippen molar-refractivity contribution in [3.05, 3.63) is 33.8 Å². The minimum Gasteiger partial charge on any atom is -0.469 e. The molecule has 0 atom stereocenters. The van der Waals surface area contributed by atoms with Gasteiger partial charge in [-0.15, -0.1) is 0 Å². The van der Waals surface area contributed by atoms with Gasteiger partial charge in [0.1, 0.15) is 0 Å². The van der Waals surface area contributed by atoms with Crippen LogP contribution in [0.2, 0.25) is 0 Å². The molecule has 1 aromatic carbocycles. The lowest BCUT2D eigenvalue weighted by atomic mass is 10.1. The first-order valence-electron chi connectivity index (χ1n) is 4.57. The van der Waals surface area contributed by atoms with Crippen molar-refractivity contribution in [3.8, 4) is 0 Å². The first-order chi connectivity index (χ1) is 7.17. The van der Waals surface area contributed by atoms with Crippen LogP contribution in [0.3, 0.4) is 0 Å². The Hall–Kier alpha value is -0.350. The molecular formula is C11H12Br2O2. The number of benzene rings is 1. The molecule has 1 rings (SSSR count). The summed E-state index contributed by atoms with van der Waals surface area (Å²) in [5.41, 5.74) is 2.34. The van der Waals surface area contributed by atoms with Gasteiger partial charge < -0.3 is 4.74 Å². The molecule has 4 heteroatoms. The summed E-state index contributed by atoms with van der Waals surface area (Å²) in [6.07, 6.45) is 1.12. The summed E-state index contributed by atoms with van der Waals surface area (Å²) in [7, 11) is 1.41. The number of rotatable bonds is 4. The Kier molecular flexibility index (Phi) is 5.32. The van der Waals surface area contributed by atoms with E-state index in [4.69, 9.17) is 0 Å². The molecule has 0 aliphatic heterocycles. The van der Waals surface area contributed by atoms with Gasteiger partial charge in [0, 0.05) is 16.2 Å². The third-order valence-electron chi connectivity index (χ3n) is 2.09. The van der Waals surface area contributed by atoms with E-state index in [1.165, 1.54) is 12.7 Å². The first-order valence-corrected chi connectivity index (χ1v) is 6.49. The first kappa shape index (κ1) is 12.7. The van der Waals surface area contributed by atoms with Crippen molar-refractivity contribution in [2.75, 3.05) is 7.11 Å². The molecule has 0 bridgehead atoms. The number of aryl methyl sites for hydroxylation is 1. The molecule has 0 unspecified atom stereocenters. The molecule has 0 saturated heterocycles. The molecular weight excluding hydrogens is 324 g/mol. The number of halogens is 2. The summed E-state index contributed by atoms with van der Waals surface area (Å²) in [6, 6.07) is 6.13. The number of alkyl halides is 1. The van der Waals surface area contributed by atoms with E-state index in [0.29, 0.717) is 12.8 Å². The average molecular weight is 336 g/mol. The highest BCUT2D eigenvalue weighted by molar-refractivity contribution is 9.10. The molecule has 0 radical (unpaired) electrons. The van der Waals surface area contributed by atoms with Crippen molar-refractivity contribution in [2.24, 2.45) is 0 Å². The van der Waals surface area contributed by atoms with E-state index in [2.05, 4.69) is 42.7 Å². The van der Waals surface area contributed by atoms with E-state index >= 15 is 0 Å². The van der Waals surface area contributed by atoms with Crippen molar-refractivity contribution in [1.29, 1.82) is 0 Å². The van der Waals surface area contributed by atoms with Crippen molar-refractivity contribution in [3.63, 3.8) is 0 Å². The second-order valence-electron chi connectivity index (χ2n) is 3.14. The van der Waals surface area contributed by atoms with E-state index in [0.717, 1.165) is 15.4 Å². The van der Waals surface area contributed by atoms with Crippen LogP contribution >= 0.6 is 31.9 Å². The lowest BCUT2D eigenvalue weighted by molar-refractivity contribution is -0.140. The fourth-order valence-corrected chi connectivity index (χ4v) is 2.04. The molecule has 0 saturated carbocycles. The Labute approximate surface area is 106 Å².